The van der Waals surface area contributed by atoms with Crippen molar-refractivity contribution in [2.45, 2.75) is 71.2 Å². The Kier molecular flexibility index (Phi) is 11.9. The molecule has 6 heteroatoms. The van der Waals surface area contributed by atoms with Gasteiger partial charge in [-0.2, -0.15) is 0 Å². The molecule has 2 atom stereocenters. The smallest absolute Gasteiger partial charge is 0.307 e. The van der Waals surface area contributed by atoms with Crippen LogP contribution in [0.3, 0.4) is 0 Å². The molecular weight excluding hydrogens is 272 g/mol. The number of nitrogens with one attached hydrogen (secondary N) is 2. The second-order valence-corrected chi connectivity index (χ2v) is 5.11. The van der Waals surface area contributed by atoms with E-state index in [4.69, 9.17) is 9.47 Å². The molecule has 0 aliphatic rings. The quantitative estimate of drug-likeness (QED) is 0.326. The Bertz CT molecular complexity index is 269. The maximum atomic E-state index is 11.4. The second kappa shape index (κ2) is 12.6. The lowest BCUT2D eigenvalue weighted by Gasteiger charge is -2.12. The third-order valence-electron chi connectivity index (χ3n) is 3.19. The standard InChI is InChI=1S/C15H30N2O4/c1-12(16-3)20-14(18)10-8-6-5-7-9-11-15(19)21-13(2)17-4/h12-13,16-17H,5-11H2,1-4H3. The summed E-state index contributed by atoms with van der Waals surface area (Å²) < 4.78 is 10.2. The minimum absolute atomic E-state index is 0.165. The summed E-state index contributed by atoms with van der Waals surface area (Å²) in [6, 6.07) is 0. The molecule has 6 nitrogen and oxygen atoms in total. The van der Waals surface area contributed by atoms with Gasteiger partial charge in [-0.05, 0) is 40.8 Å². The zero-order valence-electron chi connectivity index (χ0n) is 13.7. The Labute approximate surface area is 127 Å². The molecule has 0 aliphatic heterocycles. The van der Waals surface area contributed by atoms with Gasteiger partial charge in [0.15, 0.2) is 0 Å². The van der Waals surface area contributed by atoms with Gasteiger partial charge in [-0.1, -0.05) is 19.3 Å². The molecule has 0 spiro atoms. The molecule has 0 aromatic carbocycles. The lowest BCUT2D eigenvalue weighted by Crippen LogP contribution is -2.27. The SMILES string of the molecule is CNC(C)OC(=O)CCCCCCCC(=O)OC(C)NC. The first kappa shape index (κ1) is 19.9. The Morgan fingerprint density at radius 1 is 0.762 bits per heavy atom. The summed E-state index contributed by atoms with van der Waals surface area (Å²) in [7, 11) is 3.50. The van der Waals surface area contributed by atoms with Crippen LogP contribution in [0.1, 0.15) is 58.8 Å². The van der Waals surface area contributed by atoms with Gasteiger partial charge in [-0.15, -0.1) is 0 Å². The highest BCUT2D eigenvalue weighted by Gasteiger charge is 2.08. The third kappa shape index (κ3) is 12.3. The van der Waals surface area contributed by atoms with Crippen LogP contribution in [0.5, 0.6) is 0 Å². The molecule has 0 amide bonds. The van der Waals surface area contributed by atoms with Crippen LogP contribution >= 0.6 is 0 Å². The van der Waals surface area contributed by atoms with Gasteiger partial charge in [0, 0.05) is 12.8 Å². The molecule has 0 bridgehead atoms. The molecule has 0 rings (SSSR count). The largest absolute Gasteiger partial charge is 0.447 e. The monoisotopic (exact) mass is 302 g/mol. The van der Waals surface area contributed by atoms with Gasteiger partial charge < -0.3 is 9.47 Å². The van der Waals surface area contributed by atoms with Crippen LogP contribution in [0.2, 0.25) is 0 Å². The summed E-state index contributed by atoms with van der Waals surface area (Å²) >= 11 is 0. The van der Waals surface area contributed by atoms with Crippen molar-refractivity contribution in [3.63, 3.8) is 0 Å². The minimum Gasteiger partial charge on any atom is -0.447 e. The Morgan fingerprint density at radius 2 is 1.10 bits per heavy atom. The molecule has 0 saturated carbocycles. The lowest BCUT2D eigenvalue weighted by molar-refractivity contribution is -0.150. The normalized spacial score (nSPS) is 13.5. The summed E-state index contributed by atoms with van der Waals surface area (Å²) in [5.41, 5.74) is 0. The molecule has 124 valence electrons. The fourth-order valence-electron chi connectivity index (χ4n) is 1.70. The van der Waals surface area contributed by atoms with Crippen LogP contribution in [0.4, 0.5) is 0 Å². The maximum absolute atomic E-state index is 11.4. The summed E-state index contributed by atoms with van der Waals surface area (Å²) in [4.78, 5) is 22.8. The van der Waals surface area contributed by atoms with Gasteiger partial charge in [0.2, 0.25) is 0 Å². The van der Waals surface area contributed by atoms with Crippen molar-refractivity contribution in [2.24, 2.45) is 0 Å². The molecule has 0 radical (unpaired) electrons. The highest BCUT2D eigenvalue weighted by molar-refractivity contribution is 5.69. The first-order chi connectivity index (χ1) is 9.99. The van der Waals surface area contributed by atoms with E-state index in [9.17, 15) is 9.59 Å². The van der Waals surface area contributed by atoms with Gasteiger partial charge >= 0.3 is 11.9 Å². The lowest BCUT2D eigenvalue weighted by atomic mass is 10.1. The van der Waals surface area contributed by atoms with Gasteiger partial charge in [-0.25, -0.2) is 0 Å². The molecule has 0 fully saturated rings. The van der Waals surface area contributed by atoms with E-state index in [2.05, 4.69) is 10.6 Å². The van der Waals surface area contributed by atoms with Crippen LogP contribution in [-0.4, -0.2) is 38.5 Å². The minimum atomic E-state index is -0.233. The Balaban J connectivity index is 3.40. The fourth-order valence-corrected chi connectivity index (χ4v) is 1.70. The van der Waals surface area contributed by atoms with E-state index in [0.717, 1.165) is 32.1 Å². The predicted octanol–water partition coefficient (Wildman–Crippen LogP) is 1.93. The van der Waals surface area contributed by atoms with Crippen molar-refractivity contribution >= 4 is 11.9 Å². The van der Waals surface area contributed by atoms with Gasteiger partial charge in [0.25, 0.3) is 0 Å². The number of carbonyl (C=O) groups is 2. The molecule has 0 saturated heterocycles. The number of unbranched alkanes of at least 4 members (excludes halogenated alkanes) is 4. The summed E-state index contributed by atoms with van der Waals surface area (Å²) in [6.07, 6.45) is 5.07. The molecular formula is C15H30N2O4. The van der Waals surface area contributed by atoms with Gasteiger partial charge in [0.1, 0.15) is 12.5 Å². The topological polar surface area (TPSA) is 76.7 Å². The van der Waals surface area contributed by atoms with Crippen LogP contribution in [0.15, 0.2) is 0 Å². The van der Waals surface area contributed by atoms with Gasteiger partial charge in [-0.3, -0.25) is 20.2 Å². The molecule has 0 aliphatic carbocycles. The van der Waals surface area contributed by atoms with Crippen LogP contribution in [0.25, 0.3) is 0 Å². The van der Waals surface area contributed by atoms with E-state index in [0.29, 0.717) is 12.8 Å². The van der Waals surface area contributed by atoms with Crippen LogP contribution in [0, 0.1) is 0 Å². The highest BCUT2D eigenvalue weighted by atomic mass is 16.6. The molecule has 0 heterocycles. The highest BCUT2D eigenvalue weighted by Crippen LogP contribution is 2.09. The van der Waals surface area contributed by atoms with E-state index in [-0.39, 0.29) is 24.4 Å². The summed E-state index contributed by atoms with van der Waals surface area (Å²) in [6.45, 7) is 3.60. The molecule has 0 aromatic heterocycles. The maximum Gasteiger partial charge on any atom is 0.307 e. The predicted molar refractivity (Wildman–Crippen MR) is 81.5 cm³/mol. The van der Waals surface area contributed by atoms with E-state index in [1.807, 2.05) is 0 Å². The first-order valence-electron chi connectivity index (χ1n) is 7.73. The van der Waals surface area contributed by atoms with Crippen molar-refractivity contribution in [3.8, 4) is 0 Å². The average molecular weight is 302 g/mol. The van der Waals surface area contributed by atoms with Crippen LogP contribution < -0.4 is 10.6 Å². The van der Waals surface area contributed by atoms with E-state index >= 15 is 0 Å². The van der Waals surface area contributed by atoms with Crippen molar-refractivity contribution in [3.05, 3.63) is 0 Å². The van der Waals surface area contributed by atoms with Crippen molar-refractivity contribution in [2.75, 3.05) is 14.1 Å². The van der Waals surface area contributed by atoms with Gasteiger partial charge in [0.05, 0.1) is 0 Å². The van der Waals surface area contributed by atoms with E-state index in [1.165, 1.54) is 0 Å². The molecule has 0 aromatic rings. The average Bonchev–Trinajstić information content (AvgIpc) is 2.45. The van der Waals surface area contributed by atoms with E-state index in [1.54, 1.807) is 27.9 Å². The summed E-state index contributed by atoms with van der Waals surface area (Å²) in [5, 5.41) is 5.70. The number of carbonyl (C=O) groups excluding carboxylic acids is 2. The Hall–Kier alpha value is -1.14. The van der Waals surface area contributed by atoms with Crippen molar-refractivity contribution in [1.29, 1.82) is 0 Å². The summed E-state index contributed by atoms with van der Waals surface area (Å²) in [5.74, 6) is -0.331. The third-order valence-corrected chi connectivity index (χ3v) is 3.19. The number of rotatable bonds is 12. The number of esters is 2. The second-order valence-electron chi connectivity index (χ2n) is 5.11. The number of ether oxygens (including phenoxy) is 2. The molecule has 21 heavy (non-hydrogen) atoms. The first-order valence-corrected chi connectivity index (χ1v) is 7.73. The van der Waals surface area contributed by atoms with Crippen LogP contribution in [-0.2, 0) is 19.1 Å². The van der Waals surface area contributed by atoms with E-state index < -0.39 is 0 Å². The molecule has 2 N–H and O–H groups in total. The fraction of sp³-hybridized carbons (Fsp3) is 0.867. The molecule has 2 unspecified atom stereocenters. The number of hydrogen-bond donors (Lipinski definition) is 2. The number of hydrogen-bond acceptors (Lipinski definition) is 6. The van der Waals surface area contributed by atoms with Crippen molar-refractivity contribution in [1.82, 2.24) is 10.6 Å². The Morgan fingerprint density at radius 3 is 1.43 bits per heavy atom. The zero-order valence-corrected chi connectivity index (χ0v) is 13.7. The zero-order chi connectivity index (χ0) is 16.1. The van der Waals surface area contributed by atoms with Crippen molar-refractivity contribution < 1.29 is 19.1 Å².